The highest BCUT2D eigenvalue weighted by Crippen LogP contribution is 2.19. The van der Waals surface area contributed by atoms with Crippen molar-refractivity contribution in [3.63, 3.8) is 0 Å². The van der Waals surface area contributed by atoms with Gasteiger partial charge in [0.25, 0.3) is 0 Å². The van der Waals surface area contributed by atoms with Crippen LogP contribution in [0.2, 0.25) is 0 Å². The molecule has 102 valence electrons. The van der Waals surface area contributed by atoms with Crippen LogP contribution in [0.4, 0.5) is 4.39 Å². The highest BCUT2D eigenvalue weighted by atomic mass is 79.9. The molecule has 0 saturated carbocycles. The molecular weight excluding hydrogens is 293 g/mol. The maximum atomic E-state index is 13.2. The van der Waals surface area contributed by atoms with Gasteiger partial charge >= 0.3 is 0 Å². The molecule has 0 unspecified atom stereocenters. The van der Waals surface area contributed by atoms with E-state index < -0.39 is 0 Å². The minimum Gasteiger partial charge on any atom is -0.299 e. The van der Waals surface area contributed by atoms with Gasteiger partial charge in [0, 0.05) is 13.1 Å². The van der Waals surface area contributed by atoms with Crippen molar-refractivity contribution in [2.24, 2.45) is 5.92 Å². The van der Waals surface area contributed by atoms with Crippen LogP contribution in [0.15, 0.2) is 22.7 Å². The molecule has 1 rings (SSSR count). The predicted molar refractivity (Wildman–Crippen MR) is 79.1 cm³/mol. The number of hydrogen-bond acceptors (Lipinski definition) is 1. The summed E-state index contributed by atoms with van der Waals surface area (Å²) in [5, 5.41) is 0. The summed E-state index contributed by atoms with van der Waals surface area (Å²) in [6.07, 6.45) is 2.44. The Balaban J connectivity index is 2.64. The Morgan fingerprint density at radius 1 is 1.22 bits per heavy atom. The second-order valence-electron chi connectivity index (χ2n) is 4.76. The lowest BCUT2D eigenvalue weighted by Crippen LogP contribution is -2.28. The quantitative estimate of drug-likeness (QED) is 0.695. The van der Waals surface area contributed by atoms with Gasteiger partial charge in [-0.3, -0.25) is 4.90 Å². The molecule has 0 aliphatic carbocycles. The van der Waals surface area contributed by atoms with E-state index in [9.17, 15) is 4.39 Å². The van der Waals surface area contributed by atoms with Crippen molar-refractivity contribution in [3.8, 4) is 0 Å². The van der Waals surface area contributed by atoms with Crippen LogP contribution in [-0.2, 0) is 6.54 Å². The van der Waals surface area contributed by atoms with Crippen LogP contribution < -0.4 is 0 Å². The Morgan fingerprint density at radius 2 is 1.89 bits per heavy atom. The predicted octanol–water partition coefficient (Wildman–Crippen LogP) is 4.85. The maximum Gasteiger partial charge on any atom is 0.137 e. The van der Waals surface area contributed by atoms with E-state index in [4.69, 9.17) is 0 Å². The summed E-state index contributed by atoms with van der Waals surface area (Å²) in [4.78, 5) is 2.43. The largest absolute Gasteiger partial charge is 0.299 e. The van der Waals surface area contributed by atoms with Crippen molar-refractivity contribution in [3.05, 3.63) is 34.1 Å². The van der Waals surface area contributed by atoms with E-state index in [0.717, 1.165) is 31.1 Å². The molecule has 0 N–H and O–H groups in total. The van der Waals surface area contributed by atoms with Crippen molar-refractivity contribution in [2.45, 2.75) is 40.2 Å². The molecule has 3 heteroatoms. The van der Waals surface area contributed by atoms with Gasteiger partial charge in [-0.25, -0.2) is 4.39 Å². The highest BCUT2D eigenvalue weighted by Gasteiger charge is 2.11. The molecule has 18 heavy (non-hydrogen) atoms. The normalized spacial score (nSPS) is 11.5. The summed E-state index contributed by atoms with van der Waals surface area (Å²) in [5.74, 6) is 0.565. The van der Waals surface area contributed by atoms with Crippen molar-refractivity contribution in [1.82, 2.24) is 4.90 Å². The number of hydrogen-bond donors (Lipinski definition) is 0. The number of benzene rings is 1. The van der Waals surface area contributed by atoms with Crippen LogP contribution >= 0.6 is 15.9 Å². The van der Waals surface area contributed by atoms with Gasteiger partial charge in [0.2, 0.25) is 0 Å². The Kier molecular flexibility index (Phi) is 6.87. The van der Waals surface area contributed by atoms with Gasteiger partial charge in [-0.1, -0.05) is 39.7 Å². The Bertz CT molecular complexity index is 364. The van der Waals surface area contributed by atoms with Crippen molar-refractivity contribution in [1.29, 1.82) is 0 Å². The van der Waals surface area contributed by atoms with Gasteiger partial charge < -0.3 is 0 Å². The molecule has 0 atom stereocenters. The third-order valence-electron chi connectivity index (χ3n) is 3.51. The van der Waals surface area contributed by atoms with E-state index in [2.05, 4.69) is 41.6 Å². The van der Waals surface area contributed by atoms with E-state index >= 15 is 0 Å². The zero-order valence-corrected chi connectivity index (χ0v) is 13.1. The van der Waals surface area contributed by atoms with Crippen molar-refractivity contribution in [2.75, 3.05) is 13.1 Å². The van der Waals surface area contributed by atoms with Gasteiger partial charge in [-0.2, -0.15) is 0 Å². The fraction of sp³-hybridized carbons (Fsp3) is 0.600. The summed E-state index contributed by atoms with van der Waals surface area (Å²) >= 11 is 3.24. The zero-order chi connectivity index (χ0) is 13.5. The van der Waals surface area contributed by atoms with Gasteiger partial charge in [0.05, 0.1) is 4.47 Å². The smallest absolute Gasteiger partial charge is 0.137 e. The van der Waals surface area contributed by atoms with E-state index in [1.807, 2.05) is 12.1 Å². The van der Waals surface area contributed by atoms with Gasteiger partial charge in [0.1, 0.15) is 5.82 Å². The van der Waals surface area contributed by atoms with Gasteiger partial charge in [-0.15, -0.1) is 0 Å². The summed E-state index contributed by atoms with van der Waals surface area (Å²) in [6, 6.07) is 5.28. The van der Waals surface area contributed by atoms with Crippen LogP contribution in [0.5, 0.6) is 0 Å². The van der Waals surface area contributed by atoms with Crippen LogP contribution in [0, 0.1) is 11.7 Å². The fourth-order valence-corrected chi connectivity index (χ4v) is 2.54. The molecule has 0 aliphatic heterocycles. The van der Waals surface area contributed by atoms with Crippen LogP contribution in [-0.4, -0.2) is 18.0 Å². The van der Waals surface area contributed by atoms with Crippen molar-refractivity contribution < 1.29 is 4.39 Å². The molecule has 0 aromatic heterocycles. The molecule has 1 aromatic carbocycles. The topological polar surface area (TPSA) is 3.24 Å². The molecule has 0 amide bonds. The summed E-state index contributed by atoms with van der Waals surface area (Å²) < 4.78 is 13.7. The first-order chi connectivity index (χ1) is 8.60. The zero-order valence-electron chi connectivity index (χ0n) is 11.5. The first-order valence-corrected chi connectivity index (χ1v) is 7.56. The summed E-state index contributed by atoms with van der Waals surface area (Å²) in [7, 11) is 0. The van der Waals surface area contributed by atoms with Crippen LogP contribution in [0.1, 0.15) is 39.2 Å². The first-order valence-electron chi connectivity index (χ1n) is 6.76. The molecule has 0 heterocycles. The molecule has 0 spiro atoms. The average molecular weight is 316 g/mol. The number of rotatable bonds is 7. The van der Waals surface area contributed by atoms with Crippen LogP contribution in [0.3, 0.4) is 0 Å². The second kappa shape index (κ2) is 7.90. The van der Waals surface area contributed by atoms with Gasteiger partial charge in [0.15, 0.2) is 0 Å². The van der Waals surface area contributed by atoms with E-state index in [0.29, 0.717) is 4.47 Å². The second-order valence-corrected chi connectivity index (χ2v) is 5.61. The van der Waals surface area contributed by atoms with Crippen LogP contribution in [0.25, 0.3) is 0 Å². The molecule has 0 radical (unpaired) electrons. The lowest BCUT2D eigenvalue weighted by atomic mass is 10.0. The maximum absolute atomic E-state index is 13.2. The minimum atomic E-state index is -0.193. The Hall–Kier alpha value is -0.410. The summed E-state index contributed by atoms with van der Waals surface area (Å²) in [6.45, 7) is 9.73. The molecule has 0 saturated heterocycles. The van der Waals surface area contributed by atoms with E-state index in [-0.39, 0.29) is 5.82 Å². The van der Waals surface area contributed by atoms with Crippen molar-refractivity contribution >= 4 is 15.9 Å². The third kappa shape index (κ3) is 4.69. The van der Waals surface area contributed by atoms with Gasteiger partial charge in [-0.05, 0) is 46.1 Å². The first kappa shape index (κ1) is 15.6. The summed E-state index contributed by atoms with van der Waals surface area (Å²) in [5.41, 5.74) is 1.16. The molecule has 0 bridgehead atoms. The van der Waals surface area contributed by atoms with E-state index in [1.54, 1.807) is 0 Å². The standard InChI is InChI=1S/C15H23BrFN/c1-4-12(5-2)10-18(6-3)11-13-7-8-15(17)14(16)9-13/h7-9,12H,4-6,10-11H2,1-3H3. The fourth-order valence-electron chi connectivity index (χ4n) is 2.11. The number of halogens is 2. The molecule has 0 fully saturated rings. The van der Waals surface area contributed by atoms with E-state index in [1.165, 1.54) is 18.9 Å². The minimum absolute atomic E-state index is 0.193. The molecule has 1 aromatic rings. The molecular formula is C15H23BrFN. The molecule has 0 aliphatic rings. The average Bonchev–Trinajstić information content (AvgIpc) is 2.38. The SMILES string of the molecule is CCC(CC)CN(CC)Cc1ccc(F)c(Br)c1. The third-order valence-corrected chi connectivity index (χ3v) is 4.12. The molecule has 1 nitrogen and oxygen atoms in total. The number of nitrogens with zero attached hydrogens (tertiary/aromatic N) is 1. The Morgan fingerprint density at radius 3 is 2.39 bits per heavy atom. The monoisotopic (exact) mass is 315 g/mol. The lowest BCUT2D eigenvalue weighted by molar-refractivity contribution is 0.226. The highest BCUT2D eigenvalue weighted by molar-refractivity contribution is 9.10. The Labute approximate surface area is 119 Å². The lowest BCUT2D eigenvalue weighted by Gasteiger charge is -2.25.